The minimum atomic E-state index is -0.682. The van der Waals surface area contributed by atoms with Gasteiger partial charge >= 0.3 is 5.69 Å². The quantitative estimate of drug-likeness (QED) is 0.672. The summed E-state index contributed by atoms with van der Waals surface area (Å²) in [5.74, 6) is 0. The van der Waals surface area contributed by atoms with E-state index >= 15 is 0 Å². The molecule has 0 bridgehead atoms. The van der Waals surface area contributed by atoms with Crippen molar-refractivity contribution in [3.63, 3.8) is 0 Å². The van der Waals surface area contributed by atoms with Crippen LogP contribution in [0.25, 0.3) is 0 Å². The van der Waals surface area contributed by atoms with Crippen LogP contribution < -0.4 is 4.90 Å². The maximum atomic E-state index is 11.1. The number of anilines is 1. The molecule has 1 N–H and O–H groups in total. The largest absolute Gasteiger partial charge is 0.388 e. The first-order valence-corrected chi connectivity index (χ1v) is 6.63. The van der Waals surface area contributed by atoms with Crippen LogP contribution in [0.15, 0.2) is 6.07 Å². The van der Waals surface area contributed by atoms with Gasteiger partial charge in [0.05, 0.1) is 30.3 Å². The third kappa shape index (κ3) is 2.47. The lowest BCUT2D eigenvalue weighted by atomic mass is 10.2. The monoisotopic (exact) mass is 272 g/mol. The van der Waals surface area contributed by atoms with Gasteiger partial charge in [-0.1, -0.05) is 0 Å². The Balaban J connectivity index is 2.38. The Morgan fingerprint density at radius 1 is 1.72 bits per heavy atom. The summed E-state index contributed by atoms with van der Waals surface area (Å²) in [6, 6.07) is 1.57. The van der Waals surface area contributed by atoms with E-state index in [2.05, 4.69) is 0 Å². The Morgan fingerprint density at radius 3 is 3.00 bits per heavy atom. The average Bonchev–Trinajstić information content (AvgIpc) is 2.74. The molecule has 0 aromatic carbocycles. The minimum Gasteiger partial charge on any atom is -0.388 e. The smallest absolute Gasteiger partial charge is 0.304 e. The van der Waals surface area contributed by atoms with E-state index in [1.54, 1.807) is 6.92 Å². The van der Waals surface area contributed by atoms with Crippen LogP contribution in [0.5, 0.6) is 0 Å². The van der Waals surface area contributed by atoms with Gasteiger partial charge in [0.25, 0.3) is 0 Å². The van der Waals surface area contributed by atoms with Crippen molar-refractivity contribution in [3.05, 3.63) is 21.1 Å². The van der Waals surface area contributed by atoms with E-state index < -0.39 is 6.10 Å². The SMILES string of the molecule is CC(O)c1cc([N+](=O)[O-])c(N2CCOCC2C)s1. The summed E-state index contributed by atoms with van der Waals surface area (Å²) in [6.07, 6.45) is -0.682. The van der Waals surface area contributed by atoms with Crippen molar-refractivity contribution in [1.82, 2.24) is 0 Å². The number of morpholine rings is 1. The number of ether oxygens (including phenoxy) is 1. The number of hydrogen-bond acceptors (Lipinski definition) is 6. The van der Waals surface area contributed by atoms with E-state index in [-0.39, 0.29) is 16.7 Å². The van der Waals surface area contributed by atoms with Gasteiger partial charge in [0, 0.05) is 17.5 Å². The molecule has 0 aliphatic carbocycles. The van der Waals surface area contributed by atoms with E-state index in [1.807, 2.05) is 11.8 Å². The maximum Gasteiger partial charge on any atom is 0.304 e. The molecule has 1 saturated heterocycles. The molecule has 2 heterocycles. The van der Waals surface area contributed by atoms with Gasteiger partial charge in [-0.15, -0.1) is 11.3 Å². The summed E-state index contributed by atoms with van der Waals surface area (Å²) >= 11 is 1.28. The molecule has 2 rings (SSSR count). The van der Waals surface area contributed by atoms with Crippen molar-refractivity contribution in [1.29, 1.82) is 0 Å². The van der Waals surface area contributed by atoms with E-state index in [1.165, 1.54) is 17.4 Å². The summed E-state index contributed by atoms with van der Waals surface area (Å²) in [5, 5.41) is 21.2. The molecule has 1 aliphatic heterocycles. The summed E-state index contributed by atoms with van der Waals surface area (Å²) in [7, 11) is 0. The van der Waals surface area contributed by atoms with E-state index in [0.717, 1.165) is 0 Å². The van der Waals surface area contributed by atoms with E-state index in [9.17, 15) is 15.2 Å². The van der Waals surface area contributed by atoms with Crippen molar-refractivity contribution in [2.24, 2.45) is 0 Å². The van der Waals surface area contributed by atoms with Gasteiger partial charge in [0.1, 0.15) is 0 Å². The van der Waals surface area contributed by atoms with Crippen molar-refractivity contribution in [3.8, 4) is 0 Å². The van der Waals surface area contributed by atoms with Gasteiger partial charge in [-0.05, 0) is 13.8 Å². The molecule has 1 fully saturated rings. The molecule has 1 aliphatic rings. The van der Waals surface area contributed by atoms with Crippen LogP contribution in [-0.4, -0.2) is 35.8 Å². The molecule has 0 spiro atoms. The number of nitro groups is 1. The fraction of sp³-hybridized carbons (Fsp3) is 0.636. The van der Waals surface area contributed by atoms with Crippen molar-refractivity contribution >= 4 is 22.0 Å². The van der Waals surface area contributed by atoms with Crippen LogP contribution in [0.4, 0.5) is 10.7 Å². The molecule has 1 aromatic rings. The number of nitrogens with zero attached hydrogens (tertiary/aromatic N) is 2. The standard InChI is InChI=1S/C11H16N2O4S/c1-7-6-17-4-3-12(7)11-9(13(15)16)5-10(18-11)8(2)14/h5,7-8,14H,3-4,6H2,1-2H3. The summed E-state index contributed by atoms with van der Waals surface area (Å²) in [4.78, 5) is 13.3. The van der Waals surface area contributed by atoms with Crippen LogP contribution >= 0.6 is 11.3 Å². The van der Waals surface area contributed by atoms with E-state index in [4.69, 9.17) is 4.74 Å². The molecule has 7 heteroatoms. The number of aliphatic hydroxyl groups excluding tert-OH is 1. The molecule has 18 heavy (non-hydrogen) atoms. The van der Waals surface area contributed by atoms with Crippen LogP contribution in [0, 0.1) is 10.1 Å². The second-order valence-electron chi connectivity index (χ2n) is 4.39. The zero-order valence-electron chi connectivity index (χ0n) is 10.3. The van der Waals surface area contributed by atoms with Crippen LogP contribution in [0.3, 0.4) is 0 Å². The third-order valence-electron chi connectivity index (χ3n) is 2.95. The molecule has 2 atom stereocenters. The van der Waals surface area contributed by atoms with Crippen LogP contribution in [0.2, 0.25) is 0 Å². The predicted octanol–water partition coefficient (Wildman–Crippen LogP) is 1.93. The molecule has 100 valence electrons. The highest BCUT2D eigenvalue weighted by Crippen LogP contribution is 2.41. The fourth-order valence-electron chi connectivity index (χ4n) is 1.96. The molecular weight excluding hydrogens is 256 g/mol. The summed E-state index contributed by atoms with van der Waals surface area (Å²) in [5.41, 5.74) is 0.0737. The molecule has 2 unspecified atom stereocenters. The Kier molecular flexibility index (Phi) is 3.84. The summed E-state index contributed by atoms with van der Waals surface area (Å²) < 4.78 is 5.33. The Labute approximate surface area is 109 Å². The third-order valence-corrected chi connectivity index (χ3v) is 4.28. The van der Waals surface area contributed by atoms with Crippen molar-refractivity contribution < 1.29 is 14.8 Å². The average molecular weight is 272 g/mol. The second-order valence-corrected chi connectivity index (χ2v) is 5.45. The van der Waals surface area contributed by atoms with Gasteiger partial charge in [-0.3, -0.25) is 10.1 Å². The lowest BCUT2D eigenvalue weighted by molar-refractivity contribution is -0.383. The predicted molar refractivity (Wildman–Crippen MR) is 69.2 cm³/mol. The molecule has 6 nitrogen and oxygen atoms in total. The van der Waals surface area contributed by atoms with Crippen molar-refractivity contribution in [2.75, 3.05) is 24.7 Å². The van der Waals surface area contributed by atoms with Gasteiger partial charge in [-0.2, -0.15) is 0 Å². The molecule has 0 amide bonds. The lowest BCUT2D eigenvalue weighted by Crippen LogP contribution is -2.43. The van der Waals surface area contributed by atoms with Gasteiger partial charge in [-0.25, -0.2) is 0 Å². The summed E-state index contributed by atoms with van der Waals surface area (Å²) in [6.45, 7) is 5.37. The van der Waals surface area contributed by atoms with Gasteiger partial charge in [0.15, 0.2) is 5.00 Å². The number of thiophene rings is 1. The van der Waals surface area contributed by atoms with Gasteiger partial charge in [0.2, 0.25) is 0 Å². The molecular formula is C11H16N2O4S. The first kappa shape index (κ1) is 13.3. The Morgan fingerprint density at radius 2 is 2.44 bits per heavy atom. The van der Waals surface area contributed by atoms with Gasteiger partial charge < -0.3 is 14.7 Å². The van der Waals surface area contributed by atoms with Crippen LogP contribution in [-0.2, 0) is 4.74 Å². The zero-order valence-corrected chi connectivity index (χ0v) is 11.1. The van der Waals surface area contributed by atoms with Crippen LogP contribution in [0.1, 0.15) is 24.8 Å². The van der Waals surface area contributed by atoms with Crippen molar-refractivity contribution in [2.45, 2.75) is 26.0 Å². The number of rotatable bonds is 3. The molecule has 0 saturated carbocycles. The maximum absolute atomic E-state index is 11.1. The fourth-order valence-corrected chi connectivity index (χ4v) is 3.15. The lowest BCUT2D eigenvalue weighted by Gasteiger charge is -2.33. The highest BCUT2D eigenvalue weighted by molar-refractivity contribution is 7.16. The minimum absolute atomic E-state index is 0.0737. The number of aliphatic hydroxyl groups is 1. The highest BCUT2D eigenvalue weighted by atomic mass is 32.1. The first-order chi connectivity index (χ1) is 8.50. The Hall–Kier alpha value is -1.18. The topological polar surface area (TPSA) is 75.8 Å². The normalized spacial score (nSPS) is 21.9. The number of hydrogen-bond donors (Lipinski definition) is 1. The molecule has 1 aromatic heterocycles. The highest BCUT2D eigenvalue weighted by Gasteiger charge is 2.29. The Bertz CT molecular complexity index is 446. The van der Waals surface area contributed by atoms with E-state index in [0.29, 0.717) is 29.6 Å². The molecule has 0 radical (unpaired) electrons. The first-order valence-electron chi connectivity index (χ1n) is 5.81. The zero-order chi connectivity index (χ0) is 13.3. The second kappa shape index (κ2) is 5.21.